The van der Waals surface area contributed by atoms with Crippen LogP contribution in [0.4, 0.5) is 11.4 Å². The molecule has 1 aromatic rings. The van der Waals surface area contributed by atoms with Crippen LogP contribution < -0.4 is 10.6 Å². The quantitative estimate of drug-likeness (QED) is 0.588. The van der Waals surface area contributed by atoms with Gasteiger partial charge in [0.1, 0.15) is 0 Å². The molecule has 2 N–H and O–H groups in total. The highest BCUT2D eigenvalue weighted by atomic mass is 16.1. The van der Waals surface area contributed by atoms with Gasteiger partial charge >= 0.3 is 0 Å². The van der Waals surface area contributed by atoms with Crippen LogP contribution in [0, 0.1) is 0 Å². The molecule has 0 fully saturated rings. The molecule has 0 heterocycles. The van der Waals surface area contributed by atoms with Crippen LogP contribution in [0.3, 0.4) is 0 Å². The topological polar surface area (TPSA) is 46.3 Å². The van der Waals surface area contributed by atoms with E-state index in [1.165, 1.54) is 0 Å². The Bertz CT molecular complexity index is 345. The molecule has 3 heteroatoms. The van der Waals surface area contributed by atoms with E-state index in [0.717, 1.165) is 5.69 Å². The number of rotatable bonds is 3. The fourth-order valence-corrected chi connectivity index (χ4v) is 1.27. The first-order valence-electron chi connectivity index (χ1n) is 4.66. The van der Waals surface area contributed by atoms with Gasteiger partial charge in [0.2, 0.25) is 0 Å². The molecule has 0 atom stereocenters. The van der Waals surface area contributed by atoms with E-state index in [0.29, 0.717) is 17.7 Å². The molecule has 76 valence electrons. The van der Waals surface area contributed by atoms with E-state index in [-0.39, 0.29) is 5.78 Å². The zero-order chi connectivity index (χ0) is 10.7. The third kappa shape index (κ3) is 2.05. The summed E-state index contributed by atoms with van der Waals surface area (Å²) in [5.41, 5.74) is 7.98. The van der Waals surface area contributed by atoms with Crippen molar-refractivity contribution in [3.8, 4) is 0 Å². The maximum atomic E-state index is 11.4. The van der Waals surface area contributed by atoms with Crippen molar-refractivity contribution in [2.45, 2.75) is 13.3 Å². The van der Waals surface area contributed by atoms with Gasteiger partial charge in [0, 0.05) is 37.5 Å². The summed E-state index contributed by atoms with van der Waals surface area (Å²) < 4.78 is 0. The van der Waals surface area contributed by atoms with Crippen molar-refractivity contribution in [2.75, 3.05) is 24.7 Å². The van der Waals surface area contributed by atoms with Crippen molar-refractivity contribution < 1.29 is 4.79 Å². The maximum Gasteiger partial charge on any atom is 0.164 e. The highest BCUT2D eigenvalue weighted by Gasteiger charge is 2.08. The number of Topliss-reactive ketones (excluding diaryl/α,β-unsaturated/α-hetero) is 1. The Balaban J connectivity index is 3.07. The number of carbonyl (C=O) groups excluding carboxylic acids is 1. The Morgan fingerprint density at radius 3 is 2.50 bits per heavy atom. The molecule has 3 nitrogen and oxygen atoms in total. The van der Waals surface area contributed by atoms with Gasteiger partial charge in [-0.1, -0.05) is 6.92 Å². The van der Waals surface area contributed by atoms with E-state index < -0.39 is 0 Å². The number of nitrogen functional groups attached to an aromatic ring is 1. The zero-order valence-corrected chi connectivity index (χ0v) is 8.87. The second-order valence-corrected chi connectivity index (χ2v) is 3.44. The van der Waals surface area contributed by atoms with Crippen LogP contribution in [0.15, 0.2) is 18.2 Å². The first-order chi connectivity index (χ1) is 6.56. The molecule has 0 spiro atoms. The molecule has 1 aromatic carbocycles. The van der Waals surface area contributed by atoms with E-state index in [1.54, 1.807) is 6.07 Å². The van der Waals surface area contributed by atoms with Crippen LogP contribution in [0.25, 0.3) is 0 Å². The van der Waals surface area contributed by atoms with Crippen LogP contribution in [0.2, 0.25) is 0 Å². The maximum absolute atomic E-state index is 11.4. The van der Waals surface area contributed by atoms with Gasteiger partial charge in [0.25, 0.3) is 0 Å². The average molecular weight is 192 g/mol. The molecule has 0 aromatic heterocycles. The number of benzene rings is 1. The number of carbonyl (C=O) groups is 1. The fourth-order valence-electron chi connectivity index (χ4n) is 1.27. The first-order valence-corrected chi connectivity index (χ1v) is 4.66. The predicted octanol–water partition coefficient (Wildman–Crippen LogP) is 1.93. The lowest BCUT2D eigenvalue weighted by atomic mass is 10.1. The Kier molecular flexibility index (Phi) is 3.12. The number of nitrogens with zero attached hydrogens (tertiary/aromatic N) is 1. The third-order valence-electron chi connectivity index (χ3n) is 2.17. The van der Waals surface area contributed by atoms with Crippen LogP contribution in [0.1, 0.15) is 23.7 Å². The van der Waals surface area contributed by atoms with Crippen molar-refractivity contribution in [3.63, 3.8) is 0 Å². The summed E-state index contributed by atoms with van der Waals surface area (Å²) in [6.45, 7) is 1.83. The normalized spacial score (nSPS) is 9.93. The second kappa shape index (κ2) is 4.13. The molecule has 0 unspecified atom stereocenters. The second-order valence-electron chi connectivity index (χ2n) is 3.44. The van der Waals surface area contributed by atoms with Crippen molar-refractivity contribution in [1.82, 2.24) is 0 Å². The number of ketones is 1. The lowest BCUT2D eigenvalue weighted by Crippen LogP contribution is -2.10. The zero-order valence-electron chi connectivity index (χ0n) is 8.87. The van der Waals surface area contributed by atoms with E-state index in [4.69, 9.17) is 5.73 Å². The lowest BCUT2D eigenvalue weighted by Gasteiger charge is -2.14. The SMILES string of the molecule is CCC(=O)c1ccc(N(C)C)cc1N. The number of hydrogen-bond acceptors (Lipinski definition) is 3. The molecule has 14 heavy (non-hydrogen) atoms. The fraction of sp³-hybridized carbons (Fsp3) is 0.364. The standard InChI is InChI=1S/C11H16N2O/c1-4-11(14)9-6-5-8(13(2)3)7-10(9)12/h5-7H,4,12H2,1-3H3. The molecule has 0 aliphatic rings. The Hall–Kier alpha value is -1.51. The molecule has 0 aliphatic heterocycles. The van der Waals surface area contributed by atoms with Gasteiger partial charge in [-0.3, -0.25) is 4.79 Å². The third-order valence-corrected chi connectivity index (χ3v) is 2.17. The summed E-state index contributed by atoms with van der Waals surface area (Å²) in [6, 6.07) is 5.51. The van der Waals surface area contributed by atoms with Gasteiger partial charge in [0.15, 0.2) is 5.78 Å². The predicted molar refractivity (Wildman–Crippen MR) is 59.8 cm³/mol. The summed E-state index contributed by atoms with van der Waals surface area (Å²) in [4.78, 5) is 13.4. The van der Waals surface area contributed by atoms with Gasteiger partial charge in [-0.25, -0.2) is 0 Å². The highest BCUT2D eigenvalue weighted by molar-refractivity contribution is 6.01. The van der Waals surface area contributed by atoms with Crippen molar-refractivity contribution in [2.24, 2.45) is 0 Å². The van der Waals surface area contributed by atoms with Gasteiger partial charge in [-0.2, -0.15) is 0 Å². The minimum atomic E-state index is 0.0906. The van der Waals surface area contributed by atoms with Crippen molar-refractivity contribution in [3.05, 3.63) is 23.8 Å². The average Bonchev–Trinajstić information content (AvgIpc) is 2.16. The summed E-state index contributed by atoms with van der Waals surface area (Å²) in [7, 11) is 3.88. The number of anilines is 2. The largest absolute Gasteiger partial charge is 0.398 e. The van der Waals surface area contributed by atoms with E-state index in [1.807, 2.05) is 38.1 Å². The molecular formula is C11H16N2O. The van der Waals surface area contributed by atoms with Crippen molar-refractivity contribution >= 4 is 17.2 Å². The van der Waals surface area contributed by atoms with Gasteiger partial charge < -0.3 is 10.6 Å². The minimum Gasteiger partial charge on any atom is -0.398 e. The van der Waals surface area contributed by atoms with Crippen LogP contribution in [-0.2, 0) is 0 Å². The molecule has 0 saturated carbocycles. The van der Waals surface area contributed by atoms with E-state index >= 15 is 0 Å². The Morgan fingerprint density at radius 2 is 2.07 bits per heavy atom. The molecule has 0 radical (unpaired) electrons. The summed E-state index contributed by atoms with van der Waals surface area (Å²) in [5.74, 6) is 0.0906. The van der Waals surface area contributed by atoms with Gasteiger partial charge in [0.05, 0.1) is 0 Å². The summed E-state index contributed by atoms with van der Waals surface area (Å²) in [5, 5.41) is 0. The summed E-state index contributed by atoms with van der Waals surface area (Å²) in [6.07, 6.45) is 0.492. The molecule has 1 rings (SSSR count). The Labute approximate surface area is 84.5 Å². The molecular weight excluding hydrogens is 176 g/mol. The van der Waals surface area contributed by atoms with Gasteiger partial charge in [-0.15, -0.1) is 0 Å². The number of hydrogen-bond donors (Lipinski definition) is 1. The molecule has 0 amide bonds. The first kappa shape index (κ1) is 10.6. The van der Waals surface area contributed by atoms with Gasteiger partial charge in [-0.05, 0) is 18.2 Å². The molecule has 0 saturated heterocycles. The minimum absolute atomic E-state index is 0.0906. The lowest BCUT2D eigenvalue weighted by molar-refractivity contribution is 0.0989. The van der Waals surface area contributed by atoms with Crippen LogP contribution >= 0.6 is 0 Å². The van der Waals surface area contributed by atoms with Crippen molar-refractivity contribution in [1.29, 1.82) is 0 Å². The molecule has 0 aliphatic carbocycles. The van der Waals surface area contributed by atoms with E-state index in [9.17, 15) is 4.79 Å². The highest BCUT2D eigenvalue weighted by Crippen LogP contribution is 2.20. The summed E-state index contributed by atoms with van der Waals surface area (Å²) >= 11 is 0. The van der Waals surface area contributed by atoms with Crippen LogP contribution in [-0.4, -0.2) is 19.9 Å². The smallest absolute Gasteiger partial charge is 0.164 e. The molecule has 0 bridgehead atoms. The monoisotopic (exact) mass is 192 g/mol. The Morgan fingerprint density at radius 1 is 1.43 bits per heavy atom. The van der Waals surface area contributed by atoms with E-state index in [2.05, 4.69) is 0 Å². The van der Waals surface area contributed by atoms with Crippen LogP contribution in [0.5, 0.6) is 0 Å². The number of nitrogens with two attached hydrogens (primary N) is 1.